The molecule has 0 spiro atoms. The van der Waals surface area contributed by atoms with E-state index in [0.29, 0.717) is 10.9 Å². The summed E-state index contributed by atoms with van der Waals surface area (Å²) < 4.78 is 44.7. The number of benzene rings is 2. The molecule has 0 radical (unpaired) electrons. The molecule has 4 nitrogen and oxygen atoms in total. The van der Waals surface area contributed by atoms with E-state index in [2.05, 4.69) is 9.97 Å². The topological polar surface area (TPSA) is 69.4 Å². The first-order valence-electron chi connectivity index (χ1n) is 7.59. The van der Waals surface area contributed by atoms with Crippen molar-refractivity contribution in [1.29, 1.82) is 0 Å². The molecule has 4 aromatic rings. The predicted octanol–water partition coefficient (Wildman–Crippen LogP) is 4.59. The maximum atomic E-state index is 13.2. The largest absolute Gasteiger partial charge is 0.497 e. The Labute approximate surface area is 146 Å². The molecule has 2 aromatic heterocycles. The Kier molecular flexibility index (Phi) is 4.33. The summed E-state index contributed by atoms with van der Waals surface area (Å²) in [6.07, 6.45) is -2.97. The van der Waals surface area contributed by atoms with Gasteiger partial charge in [0.05, 0.1) is 23.7 Å². The molecular weight excluding hydrogens is 345 g/mol. The molecule has 0 amide bonds. The molecule has 4 rings (SSSR count). The fourth-order valence-electron chi connectivity index (χ4n) is 2.97. The maximum Gasteiger partial charge on any atom is 0.418 e. The van der Waals surface area contributed by atoms with Crippen molar-refractivity contribution in [3.63, 3.8) is 0 Å². The van der Waals surface area contributed by atoms with E-state index >= 15 is 0 Å². The van der Waals surface area contributed by atoms with E-state index in [1.807, 2.05) is 30.3 Å². The third-order valence-electron chi connectivity index (χ3n) is 4.19. The number of aromatic nitrogens is 2. The Morgan fingerprint density at radius 3 is 2.42 bits per heavy atom. The van der Waals surface area contributed by atoms with Gasteiger partial charge in [-0.15, -0.1) is 0 Å². The molecule has 0 unspecified atom stereocenters. The number of halogens is 3. The van der Waals surface area contributed by atoms with Crippen LogP contribution in [0.3, 0.4) is 0 Å². The predicted molar refractivity (Wildman–Crippen MR) is 94.2 cm³/mol. The summed E-state index contributed by atoms with van der Waals surface area (Å²) in [7, 11) is 1.59. The van der Waals surface area contributed by atoms with Crippen LogP contribution in [0.2, 0.25) is 0 Å². The Bertz CT molecular complexity index is 1070. The first-order valence-corrected chi connectivity index (χ1v) is 7.59. The second kappa shape index (κ2) is 6.34. The molecule has 3 N–H and O–H groups in total. The fraction of sp³-hybridized carbons (Fsp3) is 0.105. The quantitative estimate of drug-likeness (QED) is 0.568. The number of hydrogen-bond donors (Lipinski definition) is 1. The van der Waals surface area contributed by atoms with Crippen molar-refractivity contribution in [2.75, 3.05) is 7.11 Å². The van der Waals surface area contributed by atoms with E-state index in [4.69, 9.17) is 4.74 Å². The number of para-hydroxylation sites is 1. The average Bonchev–Trinajstić information content (AvgIpc) is 3.05. The smallest absolute Gasteiger partial charge is 0.418 e. The van der Waals surface area contributed by atoms with E-state index in [1.54, 1.807) is 13.2 Å². The molecule has 7 heteroatoms. The number of ether oxygens (including phenoxy) is 1. The van der Waals surface area contributed by atoms with Gasteiger partial charge in [0.25, 0.3) is 0 Å². The second-order valence-electron chi connectivity index (χ2n) is 5.70. The highest BCUT2D eigenvalue weighted by Gasteiger charge is 2.33. The lowest BCUT2D eigenvalue weighted by molar-refractivity contribution is -0.136. The van der Waals surface area contributed by atoms with Crippen LogP contribution in [0.15, 0.2) is 54.7 Å². The first kappa shape index (κ1) is 17.8. The second-order valence-corrected chi connectivity index (χ2v) is 5.70. The van der Waals surface area contributed by atoms with E-state index in [1.165, 1.54) is 12.3 Å². The van der Waals surface area contributed by atoms with Crippen LogP contribution in [0.5, 0.6) is 5.75 Å². The number of fused-ring (bicyclic) bond motifs is 3. The van der Waals surface area contributed by atoms with Crippen LogP contribution < -0.4 is 4.74 Å². The molecular formula is C19H15F3N2O2. The molecule has 0 aliphatic carbocycles. The highest BCUT2D eigenvalue weighted by Crippen LogP contribution is 2.36. The Morgan fingerprint density at radius 1 is 1.04 bits per heavy atom. The van der Waals surface area contributed by atoms with Crippen molar-refractivity contribution < 1.29 is 23.4 Å². The highest BCUT2D eigenvalue weighted by molar-refractivity contribution is 6.06. The standard InChI is InChI=1S/C19H13F3N2O.H2O/c1-25-13-7-5-11(6-8-13)16-9-12-10-23-18-14(17(12)24-16)3-2-4-15(18)19(20,21)22;/h2-10,24H,1H3;1H2. The molecule has 2 heterocycles. The summed E-state index contributed by atoms with van der Waals surface area (Å²) in [6, 6.07) is 13.4. The summed E-state index contributed by atoms with van der Waals surface area (Å²) in [6.45, 7) is 0. The molecule has 0 aliphatic rings. The molecule has 0 saturated heterocycles. The van der Waals surface area contributed by atoms with Crippen molar-refractivity contribution in [2.45, 2.75) is 6.18 Å². The molecule has 0 fully saturated rings. The molecule has 134 valence electrons. The third kappa shape index (κ3) is 2.86. The average molecular weight is 360 g/mol. The van der Waals surface area contributed by atoms with E-state index in [-0.39, 0.29) is 11.0 Å². The fourth-order valence-corrected chi connectivity index (χ4v) is 2.97. The highest BCUT2D eigenvalue weighted by atomic mass is 19.4. The first-order chi connectivity index (χ1) is 12.0. The minimum atomic E-state index is -4.44. The van der Waals surface area contributed by atoms with Crippen molar-refractivity contribution in [1.82, 2.24) is 9.97 Å². The van der Waals surface area contributed by atoms with Crippen molar-refractivity contribution in [3.05, 3.63) is 60.3 Å². The van der Waals surface area contributed by atoms with Crippen LogP contribution in [0.1, 0.15) is 5.56 Å². The lowest BCUT2D eigenvalue weighted by Crippen LogP contribution is -2.06. The molecule has 0 atom stereocenters. The number of aromatic amines is 1. The van der Waals surface area contributed by atoms with Gasteiger partial charge in [-0.25, -0.2) is 0 Å². The number of pyridine rings is 1. The van der Waals surface area contributed by atoms with Gasteiger partial charge in [0.15, 0.2) is 0 Å². The Morgan fingerprint density at radius 2 is 1.77 bits per heavy atom. The lowest BCUT2D eigenvalue weighted by atomic mass is 10.1. The monoisotopic (exact) mass is 360 g/mol. The summed E-state index contributed by atoms with van der Waals surface area (Å²) in [5.41, 5.74) is 1.58. The Hall–Kier alpha value is -3.06. The molecule has 26 heavy (non-hydrogen) atoms. The van der Waals surface area contributed by atoms with Gasteiger partial charge >= 0.3 is 6.18 Å². The van der Waals surface area contributed by atoms with Gasteiger partial charge in [-0.05, 0) is 42.0 Å². The number of H-pyrrole nitrogens is 1. The van der Waals surface area contributed by atoms with Crippen molar-refractivity contribution in [3.8, 4) is 17.0 Å². The minimum absolute atomic E-state index is 0. The molecule has 2 aromatic carbocycles. The zero-order chi connectivity index (χ0) is 17.6. The summed E-state index contributed by atoms with van der Waals surface area (Å²) in [4.78, 5) is 7.27. The van der Waals surface area contributed by atoms with Crippen LogP contribution in [0, 0.1) is 0 Å². The summed E-state index contributed by atoms with van der Waals surface area (Å²) in [5.74, 6) is 0.738. The van der Waals surface area contributed by atoms with Crippen LogP contribution >= 0.6 is 0 Å². The molecule has 0 bridgehead atoms. The third-order valence-corrected chi connectivity index (χ3v) is 4.19. The number of hydrogen-bond acceptors (Lipinski definition) is 2. The van der Waals surface area contributed by atoms with Gasteiger partial charge < -0.3 is 15.2 Å². The zero-order valence-electron chi connectivity index (χ0n) is 13.7. The van der Waals surface area contributed by atoms with Crippen LogP contribution in [0.25, 0.3) is 33.1 Å². The Balaban J connectivity index is 0.00000196. The number of nitrogens with one attached hydrogen (secondary N) is 1. The van der Waals surface area contributed by atoms with Crippen molar-refractivity contribution >= 4 is 21.8 Å². The van der Waals surface area contributed by atoms with Gasteiger partial charge in [0.1, 0.15) is 5.75 Å². The number of alkyl halides is 3. The van der Waals surface area contributed by atoms with Crippen LogP contribution in [0.4, 0.5) is 13.2 Å². The van der Waals surface area contributed by atoms with Gasteiger partial charge in [0, 0.05) is 22.7 Å². The van der Waals surface area contributed by atoms with Crippen molar-refractivity contribution in [2.24, 2.45) is 0 Å². The zero-order valence-corrected chi connectivity index (χ0v) is 13.7. The maximum absolute atomic E-state index is 13.2. The van der Waals surface area contributed by atoms with Gasteiger partial charge in [-0.3, -0.25) is 4.98 Å². The SMILES string of the molecule is COc1ccc(-c2cc3cnc4c(C(F)(F)F)cccc4c3[nH]2)cc1.O. The normalized spacial score (nSPS) is 11.5. The summed E-state index contributed by atoms with van der Waals surface area (Å²) in [5, 5.41) is 1.21. The van der Waals surface area contributed by atoms with E-state index < -0.39 is 11.7 Å². The molecule has 0 saturated carbocycles. The molecule has 0 aliphatic heterocycles. The number of rotatable bonds is 2. The van der Waals surface area contributed by atoms with Gasteiger partial charge in [0.2, 0.25) is 0 Å². The summed E-state index contributed by atoms with van der Waals surface area (Å²) >= 11 is 0. The number of methoxy groups -OCH3 is 1. The van der Waals surface area contributed by atoms with Gasteiger partial charge in [-0.1, -0.05) is 12.1 Å². The van der Waals surface area contributed by atoms with E-state index in [0.717, 1.165) is 28.5 Å². The number of nitrogens with zero attached hydrogens (tertiary/aromatic N) is 1. The van der Waals surface area contributed by atoms with Crippen LogP contribution in [-0.2, 0) is 6.18 Å². The minimum Gasteiger partial charge on any atom is -0.497 e. The van der Waals surface area contributed by atoms with E-state index in [9.17, 15) is 13.2 Å². The lowest BCUT2D eigenvalue weighted by Gasteiger charge is -2.09. The van der Waals surface area contributed by atoms with Gasteiger partial charge in [-0.2, -0.15) is 13.2 Å². The van der Waals surface area contributed by atoms with Crippen LogP contribution in [-0.4, -0.2) is 22.6 Å².